The Labute approximate surface area is 124 Å². The molecule has 0 aliphatic rings. The highest BCUT2D eigenvalue weighted by molar-refractivity contribution is 9.10. The fourth-order valence-electron chi connectivity index (χ4n) is 1.71. The van der Waals surface area contributed by atoms with Gasteiger partial charge in [-0.05, 0) is 39.7 Å². The first-order valence-corrected chi connectivity index (χ1v) is 6.74. The average Bonchev–Trinajstić information content (AvgIpc) is 2.73. The molecule has 1 heterocycles. The molecule has 1 aromatic heterocycles. The summed E-state index contributed by atoms with van der Waals surface area (Å²) in [6.07, 6.45) is -3.11. The normalized spacial score (nSPS) is 13.6. The predicted molar refractivity (Wildman–Crippen MR) is 71.6 cm³/mol. The third kappa shape index (κ3) is 3.04. The van der Waals surface area contributed by atoms with E-state index in [-0.39, 0.29) is 11.3 Å². The van der Waals surface area contributed by atoms with E-state index in [9.17, 15) is 13.2 Å². The number of nitrogens with two attached hydrogens (primary N) is 1. The Balaban J connectivity index is 2.54. The fraction of sp³-hybridized carbons (Fsp3) is 0.167. The van der Waals surface area contributed by atoms with Crippen LogP contribution in [0.3, 0.4) is 0 Å². The van der Waals surface area contributed by atoms with Crippen molar-refractivity contribution in [2.24, 2.45) is 5.73 Å². The van der Waals surface area contributed by atoms with Crippen molar-refractivity contribution in [3.63, 3.8) is 0 Å². The minimum absolute atomic E-state index is 0.0358. The molecule has 0 saturated heterocycles. The van der Waals surface area contributed by atoms with Gasteiger partial charge in [-0.3, -0.25) is 0 Å². The van der Waals surface area contributed by atoms with Crippen LogP contribution in [0.15, 0.2) is 43.9 Å². The Morgan fingerprint density at radius 2 is 1.84 bits per heavy atom. The molecular weight excluding hydrogens is 391 g/mol. The summed E-state index contributed by atoms with van der Waals surface area (Å²) in [5.41, 5.74) is 5.05. The lowest BCUT2D eigenvalue weighted by molar-refractivity contribution is -0.138. The molecule has 7 heteroatoms. The van der Waals surface area contributed by atoms with E-state index in [4.69, 9.17) is 10.2 Å². The summed E-state index contributed by atoms with van der Waals surface area (Å²) in [5, 5.41) is 0. The smallest absolute Gasteiger partial charge is 0.416 e. The molecule has 1 unspecified atom stereocenters. The first-order chi connectivity index (χ1) is 8.80. The van der Waals surface area contributed by atoms with E-state index in [0.29, 0.717) is 8.95 Å². The lowest BCUT2D eigenvalue weighted by Gasteiger charge is -2.17. The van der Waals surface area contributed by atoms with Crippen molar-refractivity contribution in [2.45, 2.75) is 12.2 Å². The molecule has 2 nitrogen and oxygen atoms in total. The Morgan fingerprint density at radius 3 is 2.37 bits per heavy atom. The zero-order valence-corrected chi connectivity index (χ0v) is 12.5. The van der Waals surface area contributed by atoms with Gasteiger partial charge in [0.1, 0.15) is 5.76 Å². The molecular formula is C12H8Br2F3NO. The van der Waals surface area contributed by atoms with Crippen LogP contribution in [-0.2, 0) is 6.18 Å². The molecule has 102 valence electrons. The van der Waals surface area contributed by atoms with Gasteiger partial charge >= 0.3 is 6.18 Å². The Kier molecular flexibility index (Phi) is 4.08. The maximum absolute atomic E-state index is 13.0. The molecule has 0 saturated carbocycles. The Hall–Kier alpha value is -0.790. The van der Waals surface area contributed by atoms with Gasteiger partial charge in [0.2, 0.25) is 0 Å². The number of alkyl halides is 3. The lowest BCUT2D eigenvalue weighted by atomic mass is 9.99. The zero-order valence-electron chi connectivity index (χ0n) is 9.34. The van der Waals surface area contributed by atoms with E-state index in [1.807, 2.05) is 0 Å². The van der Waals surface area contributed by atoms with Gasteiger partial charge in [-0.15, -0.1) is 0 Å². The molecule has 1 aromatic carbocycles. The van der Waals surface area contributed by atoms with E-state index >= 15 is 0 Å². The van der Waals surface area contributed by atoms with Gasteiger partial charge in [0.15, 0.2) is 0 Å². The van der Waals surface area contributed by atoms with Gasteiger partial charge < -0.3 is 10.2 Å². The number of hydrogen-bond acceptors (Lipinski definition) is 2. The number of benzene rings is 1. The van der Waals surface area contributed by atoms with Crippen LogP contribution >= 0.6 is 31.9 Å². The third-order valence-electron chi connectivity index (χ3n) is 2.58. The first kappa shape index (κ1) is 14.6. The van der Waals surface area contributed by atoms with Crippen molar-refractivity contribution in [3.8, 4) is 0 Å². The van der Waals surface area contributed by atoms with Gasteiger partial charge in [-0.2, -0.15) is 13.2 Å². The fourth-order valence-corrected chi connectivity index (χ4v) is 2.52. The molecule has 0 bridgehead atoms. The quantitative estimate of drug-likeness (QED) is 0.783. The van der Waals surface area contributed by atoms with E-state index in [1.54, 1.807) is 6.07 Å². The van der Waals surface area contributed by atoms with Crippen molar-refractivity contribution >= 4 is 31.9 Å². The minimum atomic E-state index is -4.48. The second-order valence-corrected chi connectivity index (χ2v) is 5.61. The molecule has 0 amide bonds. The summed E-state index contributed by atoms with van der Waals surface area (Å²) in [7, 11) is 0. The third-order valence-corrected chi connectivity index (χ3v) is 3.73. The summed E-state index contributed by atoms with van der Waals surface area (Å²) >= 11 is 6.22. The number of halogens is 5. The van der Waals surface area contributed by atoms with Crippen LogP contribution in [0.5, 0.6) is 0 Å². The molecule has 0 aliphatic heterocycles. The summed E-state index contributed by atoms with van der Waals surface area (Å²) in [6, 6.07) is 4.45. The van der Waals surface area contributed by atoms with Gasteiger partial charge in [0.05, 0.1) is 22.3 Å². The van der Waals surface area contributed by atoms with E-state index in [2.05, 4.69) is 31.9 Å². The molecule has 0 aliphatic carbocycles. The molecule has 0 fully saturated rings. The highest BCUT2D eigenvalue weighted by Gasteiger charge is 2.36. The second kappa shape index (κ2) is 5.30. The SMILES string of the molecule is NC(c1ccc(Br)cc1C(F)(F)F)c1occc1Br. The lowest BCUT2D eigenvalue weighted by Crippen LogP contribution is -2.18. The molecule has 0 spiro atoms. The molecule has 2 rings (SSSR count). The van der Waals surface area contributed by atoms with Crippen LogP contribution < -0.4 is 5.73 Å². The summed E-state index contributed by atoms with van der Waals surface area (Å²) in [5.74, 6) is 0.257. The highest BCUT2D eigenvalue weighted by atomic mass is 79.9. The van der Waals surface area contributed by atoms with Crippen LogP contribution in [0.2, 0.25) is 0 Å². The van der Waals surface area contributed by atoms with Crippen molar-refractivity contribution in [3.05, 3.63) is 56.4 Å². The highest BCUT2D eigenvalue weighted by Crippen LogP contribution is 2.38. The zero-order chi connectivity index (χ0) is 14.2. The number of rotatable bonds is 2. The summed E-state index contributed by atoms with van der Waals surface area (Å²) in [6.45, 7) is 0. The van der Waals surface area contributed by atoms with Crippen molar-refractivity contribution in [2.75, 3.05) is 0 Å². The largest absolute Gasteiger partial charge is 0.466 e. The molecule has 2 N–H and O–H groups in total. The van der Waals surface area contributed by atoms with Crippen LogP contribution in [0.25, 0.3) is 0 Å². The van der Waals surface area contributed by atoms with Crippen molar-refractivity contribution < 1.29 is 17.6 Å². The molecule has 0 radical (unpaired) electrons. The number of hydrogen-bond donors (Lipinski definition) is 1. The van der Waals surface area contributed by atoms with Crippen LogP contribution in [-0.4, -0.2) is 0 Å². The van der Waals surface area contributed by atoms with E-state index < -0.39 is 17.8 Å². The van der Waals surface area contributed by atoms with E-state index in [1.165, 1.54) is 18.4 Å². The van der Waals surface area contributed by atoms with Crippen LogP contribution in [0.4, 0.5) is 13.2 Å². The van der Waals surface area contributed by atoms with E-state index in [0.717, 1.165) is 6.07 Å². The monoisotopic (exact) mass is 397 g/mol. The molecule has 1 atom stereocenters. The van der Waals surface area contributed by atoms with Gasteiger partial charge in [-0.1, -0.05) is 22.0 Å². The van der Waals surface area contributed by atoms with Crippen molar-refractivity contribution in [1.29, 1.82) is 0 Å². The summed E-state index contributed by atoms with van der Waals surface area (Å²) in [4.78, 5) is 0. The maximum Gasteiger partial charge on any atom is 0.416 e. The van der Waals surface area contributed by atoms with Gasteiger partial charge in [0.25, 0.3) is 0 Å². The molecule has 19 heavy (non-hydrogen) atoms. The topological polar surface area (TPSA) is 39.2 Å². The Bertz CT molecular complexity index is 595. The van der Waals surface area contributed by atoms with Crippen LogP contribution in [0, 0.1) is 0 Å². The second-order valence-electron chi connectivity index (χ2n) is 3.84. The van der Waals surface area contributed by atoms with Crippen molar-refractivity contribution in [1.82, 2.24) is 0 Å². The Morgan fingerprint density at radius 1 is 1.16 bits per heavy atom. The standard InChI is InChI=1S/C12H8Br2F3NO/c13-6-1-2-7(8(5-6)12(15,16)17)10(18)11-9(14)3-4-19-11/h1-5,10H,18H2. The minimum Gasteiger partial charge on any atom is -0.466 e. The van der Waals surface area contributed by atoms with Gasteiger partial charge in [0, 0.05) is 4.47 Å². The maximum atomic E-state index is 13.0. The average molecular weight is 399 g/mol. The van der Waals surface area contributed by atoms with Crippen LogP contribution in [0.1, 0.15) is 22.9 Å². The van der Waals surface area contributed by atoms with Gasteiger partial charge in [-0.25, -0.2) is 0 Å². The molecule has 2 aromatic rings. The number of furan rings is 1. The first-order valence-electron chi connectivity index (χ1n) is 5.16. The summed E-state index contributed by atoms with van der Waals surface area (Å²) < 4.78 is 45.0. The predicted octanol–water partition coefficient (Wildman–Crippen LogP) is 4.87.